The fourth-order valence-corrected chi connectivity index (χ4v) is 3.24. The largest absolute Gasteiger partial charge is 0.401 e. The first kappa shape index (κ1) is 17.0. The number of benzene rings is 1. The van der Waals surface area contributed by atoms with E-state index in [0.717, 1.165) is 16.7 Å². The van der Waals surface area contributed by atoms with Gasteiger partial charge in [0, 0.05) is 5.92 Å². The summed E-state index contributed by atoms with van der Waals surface area (Å²) < 4.78 is 38.7. The molecule has 4 atom stereocenters. The average Bonchev–Trinajstić information content (AvgIpc) is 2.62. The van der Waals surface area contributed by atoms with Crippen molar-refractivity contribution in [2.45, 2.75) is 45.9 Å². The third kappa shape index (κ3) is 3.19. The van der Waals surface area contributed by atoms with Gasteiger partial charge in [0.25, 0.3) is 0 Å². The van der Waals surface area contributed by atoms with E-state index in [4.69, 9.17) is 0 Å². The van der Waals surface area contributed by atoms with E-state index in [1.807, 2.05) is 32.0 Å². The normalized spacial score (nSPS) is 29.1. The minimum Gasteiger partial charge on any atom is -0.392 e. The smallest absolute Gasteiger partial charge is 0.392 e. The zero-order valence-corrected chi connectivity index (χ0v) is 12.9. The second-order valence-electron chi connectivity index (χ2n) is 6.34. The molecule has 0 radical (unpaired) electrons. The number of halogens is 3. The third-order valence-electron chi connectivity index (χ3n) is 4.85. The fraction of sp³-hybridized carbons (Fsp3) is 0.588. The zero-order valence-electron chi connectivity index (χ0n) is 12.9. The average molecular weight is 314 g/mol. The van der Waals surface area contributed by atoms with Gasteiger partial charge in [0.2, 0.25) is 0 Å². The summed E-state index contributed by atoms with van der Waals surface area (Å²) in [6.07, 6.45) is -5.41. The van der Waals surface area contributed by atoms with E-state index in [9.17, 15) is 23.1 Å². The summed E-state index contributed by atoms with van der Waals surface area (Å²) in [6, 6.07) is 5.90. The fourth-order valence-electron chi connectivity index (χ4n) is 3.24. The molecule has 5 heteroatoms. The molecule has 1 aromatic rings. The van der Waals surface area contributed by atoms with E-state index < -0.39 is 35.8 Å². The van der Waals surface area contributed by atoms with Gasteiger partial charge in [0.1, 0.15) is 5.92 Å². The first-order valence-electron chi connectivity index (χ1n) is 7.47. The van der Waals surface area contributed by atoms with Crippen LogP contribution in [0.5, 0.6) is 0 Å². The van der Waals surface area contributed by atoms with Crippen molar-refractivity contribution in [3.63, 3.8) is 0 Å². The number of aliphatic hydroxyl groups excluding tert-OH is 1. The molecule has 0 heterocycles. The molecule has 1 aliphatic carbocycles. The van der Waals surface area contributed by atoms with Crippen molar-refractivity contribution in [2.24, 2.45) is 17.8 Å². The first-order chi connectivity index (χ1) is 10.1. The molecule has 1 fully saturated rings. The standard InChI is InChI=1S/C17H21F3O2/c1-9-4-5-12(8-10(9)2)6-7-13-11(3)15(21)14(16(13)22)17(18,19)20/h4-5,8,11,13-15,21H,6-7H2,1-3H3/t11-,13-,14?,15?/m1/s1. The monoisotopic (exact) mass is 314 g/mol. The van der Waals surface area contributed by atoms with Crippen LogP contribution in [0.4, 0.5) is 13.2 Å². The van der Waals surface area contributed by atoms with Crippen LogP contribution in [0.3, 0.4) is 0 Å². The topological polar surface area (TPSA) is 37.3 Å². The molecular weight excluding hydrogens is 293 g/mol. The molecule has 1 N–H and O–H groups in total. The lowest BCUT2D eigenvalue weighted by molar-refractivity contribution is -0.195. The molecule has 2 unspecified atom stereocenters. The van der Waals surface area contributed by atoms with Gasteiger partial charge in [-0.15, -0.1) is 0 Å². The van der Waals surface area contributed by atoms with E-state index in [1.54, 1.807) is 0 Å². The highest BCUT2D eigenvalue weighted by molar-refractivity contribution is 5.87. The number of carbonyl (C=O) groups is 1. The molecule has 0 amide bonds. The Bertz CT molecular complexity index is 566. The Balaban J connectivity index is 2.09. The third-order valence-corrected chi connectivity index (χ3v) is 4.85. The predicted molar refractivity (Wildman–Crippen MR) is 77.4 cm³/mol. The number of aliphatic hydroxyl groups is 1. The Morgan fingerprint density at radius 1 is 1.18 bits per heavy atom. The molecule has 122 valence electrons. The van der Waals surface area contributed by atoms with Gasteiger partial charge < -0.3 is 5.11 Å². The maximum Gasteiger partial charge on any atom is 0.401 e. The molecule has 0 spiro atoms. The van der Waals surface area contributed by atoms with E-state index in [2.05, 4.69) is 0 Å². The number of alkyl halides is 3. The van der Waals surface area contributed by atoms with Crippen molar-refractivity contribution in [2.75, 3.05) is 0 Å². The number of Topliss-reactive ketones (excluding diaryl/α,β-unsaturated/α-hetero) is 1. The van der Waals surface area contributed by atoms with Crippen LogP contribution in [-0.2, 0) is 11.2 Å². The van der Waals surface area contributed by atoms with Crippen LogP contribution < -0.4 is 0 Å². The summed E-state index contributed by atoms with van der Waals surface area (Å²) in [4.78, 5) is 12.0. The van der Waals surface area contributed by atoms with Crippen molar-refractivity contribution >= 4 is 5.78 Å². The lowest BCUT2D eigenvalue weighted by Gasteiger charge is -2.18. The molecular formula is C17H21F3O2. The Morgan fingerprint density at radius 2 is 1.82 bits per heavy atom. The molecule has 2 rings (SSSR count). The molecule has 1 aromatic carbocycles. The number of hydrogen-bond acceptors (Lipinski definition) is 2. The summed E-state index contributed by atoms with van der Waals surface area (Å²) in [7, 11) is 0. The van der Waals surface area contributed by atoms with Gasteiger partial charge in [-0.1, -0.05) is 25.1 Å². The van der Waals surface area contributed by atoms with Crippen LogP contribution in [0.1, 0.15) is 30.0 Å². The van der Waals surface area contributed by atoms with Crippen LogP contribution in [0.15, 0.2) is 18.2 Å². The minimum atomic E-state index is -4.67. The van der Waals surface area contributed by atoms with Crippen LogP contribution >= 0.6 is 0 Å². The number of aryl methyl sites for hydroxylation is 3. The van der Waals surface area contributed by atoms with Gasteiger partial charge in [0.15, 0.2) is 5.78 Å². The Morgan fingerprint density at radius 3 is 2.32 bits per heavy atom. The maximum absolute atomic E-state index is 12.9. The molecule has 22 heavy (non-hydrogen) atoms. The van der Waals surface area contributed by atoms with E-state index in [0.29, 0.717) is 12.8 Å². The van der Waals surface area contributed by atoms with Gasteiger partial charge in [0.05, 0.1) is 6.10 Å². The van der Waals surface area contributed by atoms with E-state index in [-0.39, 0.29) is 0 Å². The summed E-state index contributed by atoms with van der Waals surface area (Å²) >= 11 is 0. The molecule has 0 saturated heterocycles. The SMILES string of the molecule is Cc1ccc(CC[C@H]2C(=O)C(C(F)(F)F)C(O)[C@@H]2C)cc1C. The number of hydrogen-bond donors (Lipinski definition) is 1. The van der Waals surface area contributed by atoms with Crippen molar-refractivity contribution < 1.29 is 23.1 Å². The van der Waals surface area contributed by atoms with Gasteiger partial charge in [-0.05, 0) is 49.3 Å². The summed E-state index contributed by atoms with van der Waals surface area (Å²) in [5, 5.41) is 9.77. The highest BCUT2D eigenvalue weighted by Gasteiger charge is 2.58. The second-order valence-corrected chi connectivity index (χ2v) is 6.34. The van der Waals surface area contributed by atoms with Crippen molar-refractivity contribution in [3.8, 4) is 0 Å². The lowest BCUT2D eigenvalue weighted by atomic mass is 9.89. The number of carbonyl (C=O) groups excluding carboxylic acids is 1. The Labute approximate surface area is 128 Å². The lowest BCUT2D eigenvalue weighted by Crippen LogP contribution is -2.35. The highest BCUT2D eigenvalue weighted by atomic mass is 19.4. The Hall–Kier alpha value is -1.36. The molecule has 0 aliphatic heterocycles. The van der Waals surface area contributed by atoms with Crippen molar-refractivity contribution in [3.05, 3.63) is 34.9 Å². The summed E-state index contributed by atoms with van der Waals surface area (Å²) in [6.45, 7) is 5.50. The summed E-state index contributed by atoms with van der Waals surface area (Å²) in [5.74, 6) is -4.49. The molecule has 0 bridgehead atoms. The van der Waals surface area contributed by atoms with Crippen LogP contribution in [0.2, 0.25) is 0 Å². The zero-order chi connectivity index (χ0) is 16.7. The van der Waals surface area contributed by atoms with Gasteiger partial charge in [-0.3, -0.25) is 4.79 Å². The molecule has 0 aromatic heterocycles. The van der Waals surface area contributed by atoms with Gasteiger partial charge in [-0.25, -0.2) is 0 Å². The van der Waals surface area contributed by atoms with Crippen LogP contribution in [-0.4, -0.2) is 23.2 Å². The van der Waals surface area contributed by atoms with E-state index >= 15 is 0 Å². The number of ketones is 1. The molecule has 1 aliphatic rings. The molecule has 2 nitrogen and oxygen atoms in total. The summed E-state index contributed by atoms with van der Waals surface area (Å²) in [5.41, 5.74) is 3.28. The minimum absolute atomic E-state index is 0.339. The Kier molecular flexibility index (Phi) is 4.66. The van der Waals surface area contributed by atoms with Crippen molar-refractivity contribution in [1.29, 1.82) is 0 Å². The highest BCUT2D eigenvalue weighted by Crippen LogP contribution is 2.44. The predicted octanol–water partition coefficient (Wildman–Crippen LogP) is 3.61. The number of rotatable bonds is 3. The van der Waals surface area contributed by atoms with Crippen molar-refractivity contribution in [1.82, 2.24) is 0 Å². The first-order valence-corrected chi connectivity index (χ1v) is 7.47. The van der Waals surface area contributed by atoms with Gasteiger partial charge >= 0.3 is 6.18 Å². The van der Waals surface area contributed by atoms with E-state index in [1.165, 1.54) is 6.92 Å². The van der Waals surface area contributed by atoms with Crippen LogP contribution in [0, 0.1) is 31.6 Å². The van der Waals surface area contributed by atoms with Gasteiger partial charge in [-0.2, -0.15) is 13.2 Å². The molecule has 1 saturated carbocycles. The second kappa shape index (κ2) is 6.03. The maximum atomic E-state index is 12.9. The quantitative estimate of drug-likeness (QED) is 0.925. The van der Waals surface area contributed by atoms with Crippen LogP contribution in [0.25, 0.3) is 0 Å².